The molecule has 0 atom stereocenters. The molecule has 0 aliphatic rings. The fourth-order valence-corrected chi connectivity index (χ4v) is 17.3. The Morgan fingerprint density at radius 3 is 0.895 bits per heavy atom. The molecule has 0 N–H and O–H groups in total. The van der Waals surface area contributed by atoms with Gasteiger partial charge in [-0.15, -0.1) is 0 Å². The zero-order valence-corrected chi connectivity index (χ0v) is 61.5. The van der Waals surface area contributed by atoms with E-state index >= 15 is 0 Å². The van der Waals surface area contributed by atoms with E-state index in [1.54, 1.807) is 0 Å². The van der Waals surface area contributed by atoms with Gasteiger partial charge in [-0.25, -0.2) is 9.97 Å². The molecule has 0 aliphatic carbocycles. The lowest BCUT2D eigenvalue weighted by Crippen LogP contribution is -1.97. The van der Waals surface area contributed by atoms with Crippen LogP contribution in [0, 0.1) is 22.7 Å². The third-order valence-electron chi connectivity index (χ3n) is 22.5. The molecule has 8 heteroatoms. The van der Waals surface area contributed by atoms with E-state index in [1.807, 2.05) is 85.2 Å². The van der Waals surface area contributed by atoms with E-state index < -0.39 is 0 Å². The van der Waals surface area contributed by atoms with Crippen LogP contribution in [0.2, 0.25) is 0 Å². The van der Waals surface area contributed by atoms with Gasteiger partial charge in [-0.2, -0.15) is 10.5 Å². The predicted molar refractivity (Wildman–Crippen MR) is 471 cm³/mol. The molecule has 0 saturated heterocycles. The van der Waals surface area contributed by atoms with E-state index in [9.17, 15) is 10.5 Å². The van der Waals surface area contributed by atoms with Crippen molar-refractivity contribution in [3.05, 3.63) is 400 Å². The largest absolute Gasteiger partial charge is 0.309 e. The van der Waals surface area contributed by atoms with Crippen molar-refractivity contribution >= 4 is 108 Å². The molecule has 0 aliphatic heterocycles. The van der Waals surface area contributed by atoms with Crippen molar-refractivity contribution in [1.29, 1.82) is 10.5 Å². The van der Waals surface area contributed by atoms with Crippen LogP contribution in [0.3, 0.4) is 0 Å². The van der Waals surface area contributed by atoms with Crippen molar-refractivity contribution in [2.24, 2.45) is 0 Å². The second-order valence-corrected chi connectivity index (χ2v) is 29.0. The Hall–Kier alpha value is -15.7. The van der Waals surface area contributed by atoms with Crippen LogP contribution >= 0.6 is 0 Å². The first-order chi connectivity index (χ1) is 56.4. The summed E-state index contributed by atoms with van der Waals surface area (Å²) < 4.78 is 4.57. The summed E-state index contributed by atoms with van der Waals surface area (Å²) in [6.07, 6.45) is 3.70. The minimum absolute atomic E-state index is 0.642. The first-order valence-electron chi connectivity index (χ1n) is 38.2. The summed E-state index contributed by atoms with van der Waals surface area (Å²) in [4.78, 5) is 20.0. The highest BCUT2D eigenvalue weighted by Crippen LogP contribution is 2.48. The Kier molecular flexibility index (Phi) is 16.2. The lowest BCUT2D eigenvalue weighted by molar-refractivity contribution is 1.18. The minimum Gasteiger partial charge on any atom is -0.309 e. The number of hydrogen-bond donors (Lipinski definition) is 0. The van der Waals surface area contributed by atoms with Gasteiger partial charge in [0.1, 0.15) is 0 Å². The van der Waals surface area contributed by atoms with E-state index in [4.69, 9.17) is 19.9 Å². The zero-order chi connectivity index (χ0) is 75.7. The van der Waals surface area contributed by atoms with Crippen LogP contribution in [-0.2, 0) is 0 Å². The number of hydrogen-bond acceptors (Lipinski definition) is 6. The van der Waals surface area contributed by atoms with Gasteiger partial charge < -0.3 is 9.13 Å². The van der Waals surface area contributed by atoms with Crippen molar-refractivity contribution in [2.45, 2.75) is 0 Å². The molecule has 0 saturated carbocycles. The van der Waals surface area contributed by atoms with Crippen LogP contribution in [0.15, 0.2) is 389 Å². The average molecular weight is 1450 g/mol. The highest BCUT2D eigenvalue weighted by molar-refractivity contribution is 6.26. The van der Waals surface area contributed by atoms with Gasteiger partial charge in [0.05, 0.1) is 68.1 Å². The fourth-order valence-electron chi connectivity index (χ4n) is 17.3. The Morgan fingerprint density at radius 1 is 0.202 bits per heavy atom. The van der Waals surface area contributed by atoms with Crippen molar-refractivity contribution in [3.8, 4) is 113 Å². The summed E-state index contributed by atoms with van der Waals surface area (Å²) in [5, 5.41) is 38.3. The monoisotopic (exact) mass is 1450 g/mol. The van der Waals surface area contributed by atoms with E-state index in [2.05, 4.69) is 325 Å². The second-order valence-electron chi connectivity index (χ2n) is 29.0. The minimum atomic E-state index is 0.642. The number of aromatic nitrogens is 6. The molecule has 0 radical (unpaired) electrons. The first kappa shape index (κ1) is 66.5. The maximum Gasteiger partial charge on any atom is 0.161 e. The molecule has 0 bridgehead atoms. The SMILES string of the molecule is N#Cc1ccc2c3ccc(-c4cc5c6ccccc6c(-c6cc(-c7ccccn7)cc(-c7ccccn7)c6)cc5c5ccccc45)cc3n(-c3ccccc3)c2c1.N#Cc1ccc2c3ccc(-c4cc5c6ccccc6c(-c6nc(-c7ccccc7)cc(-c7ccccc7)n6)cc5c5ccccc45)cc3n(-c3ccccc3)c2c1. The summed E-state index contributed by atoms with van der Waals surface area (Å²) in [7, 11) is 0. The third kappa shape index (κ3) is 11.4. The van der Waals surface area contributed by atoms with Crippen molar-refractivity contribution in [1.82, 2.24) is 29.1 Å². The Bertz CT molecular complexity index is 7140. The van der Waals surface area contributed by atoms with Crippen molar-refractivity contribution < 1.29 is 0 Å². The van der Waals surface area contributed by atoms with Gasteiger partial charge in [-0.1, -0.05) is 243 Å². The van der Waals surface area contributed by atoms with Gasteiger partial charge >= 0.3 is 0 Å². The number of nitrogens with zero attached hydrogens (tertiary/aromatic N) is 8. The molecule has 5 heterocycles. The first-order valence-corrected chi connectivity index (χ1v) is 38.2. The Labute approximate surface area is 656 Å². The smallest absolute Gasteiger partial charge is 0.161 e. The molecule has 0 spiro atoms. The number of nitriles is 2. The van der Waals surface area contributed by atoms with Crippen molar-refractivity contribution in [3.63, 3.8) is 0 Å². The van der Waals surface area contributed by atoms with Gasteiger partial charge in [0.15, 0.2) is 5.82 Å². The lowest BCUT2D eigenvalue weighted by atomic mass is 9.86. The number of fused-ring (bicyclic) bond motifs is 16. The summed E-state index contributed by atoms with van der Waals surface area (Å²) in [5.74, 6) is 0.695. The standard InChI is InChI=1S/2C53H32N4/c54-33-34-24-26-43-44-27-25-37(29-52(44)57(51(43)28-34)38-18-8-3-9-19-38)45-30-46-41-22-12-13-23-42(41)48(31-47(46)40-21-11-10-20-39(40)45)53-55-49(35-14-4-1-5-15-35)32-50(56-53)36-16-6-2-7-17-36;54-33-34-20-22-44-45-23-21-35(30-53(45)57(52(44)26-34)39-12-2-1-3-13-39)46-31-48-43-17-7-5-15-41(43)47(32-49(48)42-16-6-4-14-40(42)46)36-27-37(50-18-8-10-24-55-50)29-38(28-36)51-19-9-11-25-56-51/h2*1-32H. The lowest BCUT2D eigenvalue weighted by Gasteiger charge is -2.17. The number of rotatable bonds is 10. The van der Waals surface area contributed by atoms with Gasteiger partial charge in [0.2, 0.25) is 0 Å². The zero-order valence-electron chi connectivity index (χ0n) is 61.5. The van der Waals surface area contributed by atoms with Crippen LogP contribution in [0.1, 0.15) is 11.1 Å². The molecule has 8 nitrogen and oxygen atoms in total. The molecule has 22 rings (SSSR count). The van der Waals surface area contributed by atoms with Gasteiger partial charge in [0, 0.05) is 73.1 Å². The van der Waals surface area contributed by atoms with Crippen LogP contribution in [-0.4, -0.2) is 29.1 Å². The van der Waals surface area contributed by atoms with Gasteiger partial charge in [-0.05, 0) is 231 Å². The molecular weight excluding hydrogens is 1390 g/mol. The topological polar surface area (TPSA) is 109 Å². The predicted octanol–water partition coefficient (Wildman–Crippen LogP) is 27.1. The number of pyridine rings is 2. The van der Waals surface area contributed by atoms with Crippen LogP contribution in [0.5, 0.6) is 0 Å². The number of benzene rings is 17. The fraction of sp³-hybridized carbons (Fsp3) is 0. The van der Waals surface area contributed by atoms with Crippen LogP contribution in [0.25, 0.3) is 209 Å². The summed E-state index contributed by atoms with van der Waals surface area (Å²) in [6, 6.07) is 137. The van der Waals surface area contributed by atoms with Crippen molar-refractivity contribution in [2.75, 3.05) is 0 Å². The number of para-hydroxylation sites is 2. The molecule has 0 amide bonds. The van der Waals surface area contributed by atoms with Crippen LogP contribution < -0.4 is 0 Å². The second kappa shape index (κ2) is 27.7. The molecule has 22 aromatic rings. The molecule has 114 heavy (non-hydrogen) atoms. The molecule has 17 aromatic carbocycles. The highest BCUT2D eigenvalue weighted by atomic mass is 15.0. The van der Waals surface area contributed by atoms with E-state index in [-0.39, 0.29) is 0 Å². The normalized spacial score (nSPS) is 11.5. The van der Waals surface area contributed by atoms with E-state index in [0.717, 1.165) is 150 Å². The highest BCUT2D eigenvalue weighted by Gasteiger charge is 2.23. The van der Waals surface area contributed by atoms with Gasteiger partial charge in [-0.3, -0.25) is 9.97 Å². The molecular formula is C106H64N8. The average Bonchev–Trinajstić information content (AvgIpc) is 1.25. The Balaban J connectivity index is 0.000000143. The van der Waals surface area contributed by atoms with E-state index in [1.165, 1.54) is 54.0 Å². The summed E-state index contributed by atoms with van der Waals surface area (Å²) in [6.45, 7) is 0. The molecule has 0 unspecified atom stereocenters. The quantitative estimate of drug-likeness (QED) is 0.126. The third-order valence-corrected chi connectivity index (χ3v) is 22.5. The molecule has 0 fully saturated rings. The van der Waals surface area contributed by atoms with Crippen LogP contribution in [0.4, 0.5) is 0 Å². The summed E-state index contributed by atoms with van der Waals surface area (Å²) >= 11 is 0. The summed E-state index contributed by atoms with van der Waals surface area (Å²) in [5.41, 5.74) is 23.3. The maximum absolute atomic E-state index is 9.83. The molecule has 528 valence electrons. The Morgan fingerprint density at radius 2 is 0.518 bits per heavy atom. The van der Waals surface area contributed by atoms with Gasteiger partial charge in [0.25, 0.3) is 0 Å². The molecule has 5 aromatic heterocycles. The maximum atomic E-state index is 9.83. The van der Waals surface area contributed by atoms with E-state index in [0.29, 0.717) is 17.0 Å².